The minimum absolute atomic E-state index is 0.0505. The molecule has 0 bridgehead atoms. The van der Waals surface area contributed by atoms with Gasteiger partial charge < -0.3 is 15.2 Å². The van der Waals surface area contributed by atoms with Crippen LogP contribution in [-0.4, -0.2) is 33.8 Å². The number of aromatic nitrogens is 3. The maximum absolute atomic E-state index is 12.4. The van der Waals surface area contributed by atoms with Crippen LogP contribution in [0.25, 0.3) is 5.82 Å². The first-order valence-corrected chi connectivity index (χ1v) is 8.81. The van der Waals surface area contributed by atoms with E-state index in [1.807, 2.05) is 78.5 Å². The summed E-state index contributed by atoms with van der Waals surface area (Å²) in [5.41, 5.74) is 1.05. The third-order valence-electron chi connectivity index (χ3n) is 4.18. The molecule has 3 rings (SSSR count). The number of carbonyl (C=O) groups is 1. The van der Waals surface area contributed by atoms with Crippen LogP contribution in [0, 0.1) is 0 Å². The Kier molecular flexibility index (Phi) is 5.98. The summed E-state index contributed by atoms with van der Waals surface area (Å²) in [4.78, 5) is 12.4. The molecule has 1 amide bonds. The van der Waals surface area contributed by atoms with Crippen molar-refractivity contribution in [1.82, 2.24) is 20.1 Å². The standard InChI is InChI=1S/C20H23N5O/c1-2-17(16-8-4-3-5-9-16)20(26)22-13-12-21-18-10-11-19(24-23-18)25-14-6-7-15-25/h3-11,14-15,17H,2,12-13H2,1H3,(H,21,23)(H,22,26)/t17-/m0/s1. The summed E-state index contributed by atoms with van der Waals surface area (Å²) in [6, 6.07) is 17.5. The smallest absolute Gasteiger partial charge is 0.227 e. The number of anilines is 1. The van der Waals surface area contributed by atoms with Gasteiger partial charge in [0.25, 0.3) is 0 Å². The van der Waals surface area contributed by atoms with Gasteiger partial charge in [-0.2, -0.15) is 0 Å². The molecule has 0 spiro atoms. The van der Waals surface area contributed by atoms with Crippen LogP contribution in [0.15, 0.2) is 67.0 Å². The molecule has 2 heterocycles. The molecule has 3 aromatic rings. The second-order valence-electron chi connectivity index (χ2n) is 5.96. The fourth-order valence-electron chi connectivity index (χ4n) is 2.80. The van der Waals surface area contributed by atoms with E-state index >= 15 is 0 Å². The lowest BCUT2D eigenvalue weighted by Crippen LogP contribution is -2.33. The van der Waals surface area contributed by atoms with E-state index in [-0.39, 0.29) is 11.8 Å². The SMILES string of the molecule is CC[C@H](C(=O)NCCNc1ccc(-n2cccc2)nn1)c1ccccc1. The van der Waals surface area contributed by atoms with E-state index in [0.29, 0.717) is 18.9 Å². The molecule has 0 aliphatic rings. The van der Waals surface area contributed by atoms with Gasteiger partial charge in [-0.15, -0.1) is 10.2 Å². The Bertz CT molecular complexity index is 800. The molecule has 26 heavy (non-hydrogen) atoms. The molecule has 0 aliphatic heterocycles. The van der Waals surface area contributed by atoms with Crippen LogP contribution in [0.1, 0.15) is 24.8 Å². The van der Waals surface area contributed by atoms with Crippen molar-refractivity contribution >= 4 is 11.7 Å². The molecule has 1 atom stereocenters. The molecular weight excluding hydrogens is 326 g/mol. The maximum Gasteiger partial charge on any atom is 0.227 e. The zero-order valence-corrected chi connectivity index (χ0v) is 14.8. The van der Waals surface area contributed by atoms with Gasteiger partial charge in [-0.1, -0.05) is 37.3 Å². The zero-order valence-electron chi connectivity index (χ0n) is 14.8. The van der Waals surface area contributed by atoms with Gasteiger partial charge in [-0.25, -0.2) is 0 Å². The molecule has 0 radical (unpaired) electrons. The molecule has 0 unspecified atom stereocenters. The van der Waals surface area contributed by atoms with Crippen molar-refractivity contribution in [2.75, 3.05) is 18.4 Å². The Morgan fingerprint density at radius 1 is 1.00 bits per heavy atom. The number of rotatable bonds is 8. The largest absolute Gasteiger partial charge is 0.367 e. The summed E-state index contributed by atoms with van der Waals surface area (Å²) >= 11 is 0. The van der Waals surface area contributed by atoms with Crippen molar-refractivity contribution < 1.29 is 4.79 Å². The van der Waals surface area contributed by atoms with Crippen LogP contribution in [-0.2, 0) is 4.79 Å². The first-order valence-electron chi connectivity index (χ1n) is 8.81. The highest BCUT2D eigenvalue weighted by atomic mass is 16.1. The van der Waals surface area contributed by atoms with Crippen molar-refractivity contribution in [3.8, 4) is 5.82 Å². The molecule has 2 aromatic heterocycles. The lowest BCUT2D eigenvalue weighted by molar-refractivity contribution is -0.122. The fraction of sp³-hybridized carbons (Fsp3) is 0.250. The number of nitrogens with one attached hydrogen (secondary N) is 2. The van der Waals surface area contributed by atoms with Gasteiger partial charge in [0.2, 0.25) is 5.91 Å². The quantitative estimate of drug-likeness (QED) is 0.613. The number of nitrogens with zero attached hydrogens (tertiary/aromatic N) is 3. The van der Waals surface area contributed by atoms with Crippen molar-refractivity contribution in [2.24, 2.45) is 0 Å². The second kappa shape index (κ2) is 8.80. The van der Waals surface area contributed by atoms with Gasteiger partial charge in [0.15, 0.2) is 5.82 Å². The Morgan fingerprint density at radius 2 is 1.77 bits per heavy atom. The highest BCUT2D eigenvalue weighted by Gasteiger charge is 2.17. The van der Waals surface area contributed by atoms with Gasteiger partial charge in [0, 0.05) is 25.5 Å². The van der Waals surface area contributed by atoms with Gasteiger partial charge in [-0.3, -0.25) is 4.79 Å². The third kappa shape index (κ3) is 4.47. The average Bonchev–Trinajstić information content (AvgIpc) is 3.22. The second-order valence-corrected chi connectivity index (χ2v) is 5.96. The molecular formula is C20H23N5O. The van der Waals surface area contributed by atoms with Crippen molar-refractivity contribution in [3.63, 3.8) is 0 Å². The normalized spacial score (nSPS) is 11.7. The zero-order chi connectivity index (χ0) is 18.2. The molecule has 2 N–H and O–H groups in total. The number of amides is 1. The Balaban J connectivity index is 1.45. The van der Waals surface area contributed by atoms with E-state index in [1.54, 1.807) is 0 Å². The summed E-state index contributed by atoms with van der Waals surface area (Å²) in [6.07, 6.45) is 4.61. The highest BCUT2D eigenvalue weighted by molar-refractivity contribution is 5.83. The lowest BCUT2D eigenvalue weighted by atomic mass is 9.96. The van der Waals surface area contributed by atoms with E-state index in [9.17, 15) is 4.79 Å². The van der Waals surface area contributed by atoms with Gasteiger partial charge in [0.05, 0.1) is 5.92 Å². The molecule has 134 valence electrons. The number of hydrogen-bond acceptors (Lipinski definition) is 4. The van der Waals surface area contributed by atoms with Crippen LogP contribution in [0.3, 0.4) is 0 Å². The molecule has 1 aromatic carbocycles. The van der Waals surface area contributed by atoms with Crippen molar-refractivity contribution in [3.05, 3.63) is 72.6 Å². The summed E-state index contributed by atoms with van der Waals surface area (Å²) < 4.78 is 1.89. The van der Waals surface area contributed by atoms with E-state index in [4.69, 9.17) is 0 Å². The minimum atomic E-state index is -0.114. The molecule has 0 fully saturated rings. The minimum Gasteiger partial charge on any atom is -0.367 e. The summed E-state index contributed by atoms with van der Waals surface area (Å²) in [6.45, 7) is 3.15. The highest BCUT2D eigenvalue weighted by Crippen LogP contribution is 2.18. The number of carbonyl (C=O) groups excluding carboxylic acids is 1. The monoisotopic (exact) mass is 349 g/mol. The summed E-state index contributed by atoms with van der Waals surface area (Å²) in [5, 5.41) is 14.5. The third-order valence-corrected chi connectivity index (χ3v) is 4.18. The Labute approximate surface area is 153 Å². The van der Waals surface area contributed by atoms with Crippen LogP contribution in [0.2, 0.25) is 0 Å². The fourth-order valence-corrected chi connectivity index (χ4v) is 2.80. The van der Waals surface area contributed by atoms with Crippen LogP contribution in [0.5, 0.6) is 0 Å². The van der Waals surface area contributed by atoms with Crippen LogP contribution >= 0.6 is 0 Å². The van der Waals surface area contributed by atoms with Crippen molar-refractivity contribution in [1.29, 1.82) is 0 Å². The van der Waals surface area contributed by atoms with E-state index in [0.717, 1.165) is 17.8 Å². The number of hydrogen-bond donors (Lipinski definition) is 2. The summed E-state index contributed by atoms with van der Waals surface area (Å²) in [7, 11) is 0. The topological polar surface area (TPSA) is 71.8 Å². The molecule has 0 aliphatic carbocycles. The average molecular weight is 349 g/mol. The van der Waals surface area contributed by atoms with Gasteiger partial charge >= 0.3 is 0 Å². The molecule has 0 saturated heterocycles. The predicted octanol–water partition coefficient (Wildman–Crippen LogP) is 2.99. The first-order chi connectivity index (χ1) is 12.8. The first kappa shape index (κ1) is 17.7. The molecule has 0 saturated carbocycles. The lowest BCUT2D eigenvalue weighted by Gasteiger charge is -2.15. The molecule has 6 heteroatoms. The van der Waals surface area contributed by atoms with Gasteiger partial charge in [0.1, 0.15) is 5.82 Å². The maximum atomic E-state index is 12.4. The van der Waals surface area contributed by atoms with Gasteiger partial charge in [-0.05, 0) is 36.2 Å². The van der Waals surface area contributed by atoms with Crippen LogP contribution in [0.4, 0.5) is 5.82 Å². The number of benzene rings is 1. The Morgan fingerprint density at radius 3 is 2.42 bits per heavy atom. The van der Waals surface area contributed by atoms with Crippen molar-refractivity contribution in [2.45, 2.75) is 19.3 Å². The predicted molar refractivity (Wildman–Crippen MR) is 102 cm³/mol. The molecule has 6 nitrogen and oxygen atoms in total. The van der Waals surface area contributed by atoms with E-state index in [2.05, 4.69) is 20.8 Å². The summed E-state index contributed by atoms with van der Waals surface area (Å²) in [5.74, 6) is 1.39. The van der Waals surface area contributed by atoms with Crippen LogP contribution < -0.4 is 10.6 Å². The Hall–Kier alpha value is -3.15. The van der Waals surface area contributed by atoms with E-state index < -0.39 is 0 Å². The van der Waals surface area contributed by atoms with E-state index in [1.165, 1.54) is 0 Å².